The zero-order valence-corrected chi connectivity index (χ0v) is 19.5. The Bertz CT molecular complexity index is 1200. The number of alkyl halides is 1. The fraction of sp³-hybridized carbons (Fsp3) is 0.583. The molecule has 0 unspecified atom stereocenters. The molecule has 0 saturated heterocycles. The van der Waals surface area contributed by atoms with E-state index in [0.717, 1.165) is 38.5 Å². The van der Waals surface area contributed by atoms with E-state index < -0.39 is 6.17 Å². The number of anilines is 1. The predicted octanol–water partition coefficient (Wildman–Crippen LogP) is 3.71. The van der Waals surface area contributed by atoms with Crippen molar-refractivity contribution < 1.29 is 9.50 Å². The SMILES string of the molecule is Cn1nnc(-c2ccc(-c3ncc(N(C4CC4)[C@H]4C[C@]5(C)CCC[C@@H](C5)[C@H]4F)nn3)c(O)c2)n1. The summed E-state index contributed by atoms with van der Waals surface area (Å²) < 4.78 is 15.6. The van der Waals surface area contributed by atoms with Crippen LogP contribution in [0.3, 0.4) is 0 Å². The van der Waals surface area contributed by atoms with Crippen LogP contribution in [0, 0.1) is 11.3 Å². The molecule has 2 aromatic heterocycles. The molecule has 3 aliphatic rings. The van der Waals surface area contributed by atoms with Crippen LogP contribution in [0.4, 0.5) is 10.2 Å². The second-order valence-electron chi connectivity index (χ2n) is 10.5. The quantitative estimate of drug-likeness (QED) is 0.609. The Morgan fingerprint density at radius 3 is 2.65 bits per heavy atom. The minimum Gasteiger partial charge on any atom is -0.507 e. The first-order valence-electron chi connectivity index (χ1n) is 12.1. The Kier molecular flexibility index (Phi) is 5.00. The molecule has 9 nitrogen and oxygen atoms in total. The van der Waals surface area contributed by atoms with Gasteiger partial charge in [-0.2, -0.15) is 4.80 Å². The van der Waals surface area contributed by atoms with E-state index in [-0.39, 0.29) is 23.1 Å². The highest BCUT2D eigenvalue weighted by atomic mass is 19.1. The Morgan fingerprint density at radius 1 is 1.12 bits per heavy atom. The smallest absolute Gasteiger partial charge is 0.205 e. The van der Waals surface area contributed by atoms with Gasteiger partial charge >= 0.3 is 0 Å². The van der Waals surface area contributed by atoms with Gasteiger partial charge in [-0.1, -0.05) is 19.4 Å². The van der Waals surface area contributed by atoms with Gasteiger partial charge in [-0.3, -0.25) is 0 Å². The molecule has 6 rings (SSSR count). The van der Waals surface area contributed by atoms with E-state index in [1.165, 1.54) is 11.2 Å². The van der Waals surface area contributed by atoms with Crippen LogP contribution in [0.1, 0.15) is 51.9 Å². The maximum Gasteiger partial charge on any atom is 0.205 e. The van der Waals surface area contributed by atoms with Crippen LogP contribution in [-0.4, -0.2) is 58.8 Å². The molecule has 3 fully saturated rings. The van der Waals surface area contributed by atoms with Crippen molar-refractivity contribution in [2.75, 3.05) is 4.90 Å². The zero-order valence-electron chi connectivity index (χ0n) is 19.5. The summed E-state index contributed by atoms with van der Waals surface area (Å²) in [5, 5.41) is 31.3. The minimum atomic E-state index is -0.846. The molecule has 2 bridgehead atoms. The number of tetrazole rings is 1. The Morgan fingerprint density at radius 2 is 1.97 bits per heavy atom. The lowest BCUT2D eigenvalue weighted by atomic mass is 9.60. The van der Waals surface area contributed by atoms with Gasteiger partial charge in [0, 0.05) is 11.6 Å². The largest absolute Gasteiger partial charge is 0.507 e. The molecule has 0 aliphatic heterocycles. The molecule has 4 atom stereocenters. The standard InChI is InChI=1S/C24H29FN8O/c1-24-9-3-4-15(11-24)21(25)18(12-24)33(16-6-7-16)20-13-26-23(28-27-20)17-8-5-14(10-19(17)34)22-29-31-32(2)30-22/h5,8,10,13,15-16,18,21,34H,3-4,6-7,9,11-12H2,1-2H3/t15-,18-,21+,24+/m0/s1. The predicted molar refractivity (Wildman–Crippen MR) is 124 cm³/mol. The molecule has 1 aromatic carbocycles. The molecule has 0 amide bonds. The third-order valence-corrected chi connectivity index (χ3v) is 7.75. The molecule has 3 aromatic rings. The van der Waals surface area contributed by atoms with E-state index in [0.29, 0.717) is 34.6 Å². The van der Waals surface area contributed by atoms with Crippen molar-refractivity contribution >= 4 is 5.82 Å². The van der Waals surface area contributed by atoms with E-state index >= 15 is 4.39 Å². The Hall–Kier alpha value is -3.17. The van der Waals surface area contributed by atoms with E-state index in [4.69, 9.17) is 0 Å². The van der Waals surface area contributed by atoms with Gasteiger partial charge in [0.1, 0.15) is 11.9 Å². The average Bonchev–Trinajstić information content (AvgIpc) is 3.56. The van der Waals surface area contributed by atoms with E-state index in [1.54, 1.807) is 31.4 Å². The summed E-state index contributed by atoms with van der Waals surface area (Å²) in [6.07, 6.45) is 8.05. The van der Waals surface area contributed by atoms with Gasteiger partial charge in [-0.15, -0.1) is 20.4 Å². The summed E-state index contributed by atoms with van der Waals surface area (Å²) >= 11 is 0. The lowest BCUT2D eigenvalue weighted by Gasteiger charge is -2.51. The van der Waals surface area contributed by atoms with Gasteiger partial charge < -0.3 is 10.0 Å². The number of aromatic nitrogens is 7. The maximum atomic E-state index is 15.6. The van der Waals surface area contributed by atoms with Crippen molar-refractivity contribution in [2.45, 2.75) is 70.1 Å². The van der Waals surface area contributed by atoms with Gasteiger partial charge in [0.05, 0.1) is 24.8 Å². The van der Waals surface area contributed by atoms with Crippen LogP contribution < -0.4 is 4.90 Å². The number of aryl methyl sites for hydroxylation is 1. The molecule has 0 spiro atoms. The van der Waals surface area contributed by atoms with Crippen molar-refractivity contribution in [3.63, 3.8) is 0 Å². The van der Waals surface area contributed by atoms with Crippen molar-refractivity contribution in [1.29, 1.82) is 0 Å². The maximum absolute atomic E-state index is 15.6. The van der Waals surface area contributed by atoms with Gasteiger partial charge in [0.25, 0.3) is 0 Å². The van der Waals surface area contributed by atoms with Crippen molar-refractivity contribution in [2.24, 2.45) is 18.4 Å². The molecule has 1 N–H and O–H groups in total. The molecular weight excluding hydrogens is 435 g/mol. The minimum absolute atomic E-state index is 0.00963. The fourth-order valence-electron chi connectivity index (χ4n) is 6.02. The molecule has 3 aliphatic carbocycles. The van der Waals surface area contributed by atoms with Crippen molar-refractivity contribution in [1.82, 2.24) is 35.4 Å². The summed E-state index contributed by atoms with van der Waals surface area (Å²) in [5.41, 5.74) is 1.31. The first-order valence-corrected chi connectivity index (χ1v) is 12.1. The summed E-state index contributed by atoms with van der Waals surface area (Å²) in [4.78, 5) is 8.03. The number of fused-ring (bicyclic) bond motifs is 2. The van der Waals surface area contributed by atoms with E-state index in [2.05, 4.69) is 42.4 Å². The van der Waals surface area contributed by atoms with Crippen LogP contribution in [0.25, 0.3) is 22.8 Å². The molecular formula is C24H29FN8O. The molecule has 34 heavy (non-hydrogen) atoms. The zero-order chi connectivity index (χ0) is 23.4. The summed E-state index contributed by atoms with van der Waals surface area (Å²) in [6, 6.07) is 5.20. The topological polar surface area (TPSA) is 106 Å². The lowest BCUT2D eigenvalue weighted by molar-refractivity contribution is 0.00942. The number of phenolic OH excluding ortho intramolecular Hbond substituents is 1. The second kappa shape index (κ2) is 7.95. The fourth-order valence-corrected chi connectivity index (χ4v) is 6.02. The van der Waals surface area contributed by atoms with Gasteiger partial charge in [-0.05, 0) is 67.2 Å². The number of benzene rings is 1. The number of aromatic hydroxyl groups is 1. The third-order valence-electron chi connectivity index (χ3n) is 7.75. The number of halogens is 1. The van der Waals surface area contributed by atoms with Crippen LogP contribution in [0.15, 0.2) is 24.4 Å². The third kappa shape index (κ3) is 3.78. The van der Waals surface area contributed by atoms with Crippen molar-refractivity contribution in [3.8, 4) is 28.5 Å². The molecule has 3 saturated carbocycles. The number of nitrogens with zero attached hydrogens (tertiary/aromatic N) is 8. The summed E-state index contributed by atoms with van der Waals surface area (Å²) in [7, 11) is 1.68. The Labute approximate surface area is 197 Å². The molecule has 10 heteroatoms. The second-order valence-corrected chi connectivity index (χ2v) is 10.5. The van der Waals surface area contributed by atoms with Crippen LogP contribution >= 0.6 is 0 Å². The molecule has 178 valence electrons. The van der Waals surface area contributed by atoms with Crippen molar-refractivity contribution in [3.05, 3.63) is 24.4 Å². The number of hydrogen-bond donors (Lipinski definition) is 1. The monoisotopic (exact) mass is 464 g/mol. The van der Waals surface area contributed by atoms with Gasteiger partial charge in [0.2, 0.25) is 5.82 Å². The normalized spacial score (nSPS) is 28.6. The number of hydrogen-bond acceptors (Lipinski definition) is 8. The summed E-state index contributed by atoms with van der Waals surface area (Å²) in [6.45, 7) is 2.32. The first kappa shape index (κ1) is 21.4. The molecule has 2 heterocycles. The molecule has 0 radical (unpaired) electrons. The van der Waals surface area contributed by atoms with Gasteiger partial charge in [-0.25, -0.2) is 9.37 Å². The summed E-state index contributed by atoms with van der Waals surface area (Å²) in [5.74, 6) is 1.52. The average molecular weight is 465 g/mol. The highest BCUT2D eigenvalue weighted by Gasteiger charge is 2.50. The first-order chi connectivity index (χ1) is 16.4. The highest BCUT2D eigenvalue weighted by molar-refractivity contribution is 5.70. The highest BCUT2D eigenvalue weighted by Crippen LogP contribution is 2.52. The van der Waals surface area contributed by atoms with E-state index in [1.807, 2.05) is 0 Å². The number of phenols is 1. The van der Waals surface area contributed by atoms with Gasteiger partial charge in [0.15, 0.2) is 11.6 Å². The van der Waals surface area contributed by atoms with Crippen LogP contribution in [0.5, 0.6) is 5.75 Å². The Balaban J connectivity index is 1.27. The van der Waals surface area contributed by atoms with Crippen LogP contribution in [-0.2, 0) is 7.05 Å². The number of rotatable bonds is 5. The lowest BCUT2D eigenvalue weighted by Crippen LogP contribution is -2.54. The van der Waals surface area contributed by atoms with Crippen LogP contribution in [0.2, 0.25) is 0 Å². The van der Waals surface area contributed by atoms with E-state index in [9.17, 15) is 5.11 Å².